The van der Waals surface area contributed by atoms with Gasteiger partial charge in [-0.25, -0.2) is 0 Å². The molecule has 2 aliphatic rings. The number of nitrogens with zero attached hydrogens (tertiary/aromatic N) is 1. The summed E-state index contributed by atoms with van der Waals surface area (Å²) in [6, 6.07) is 10.2. The summed E-state index contributed by atoms with van der Waals surface area (Å²) in [4.78, 5) is 2.76. The summed E-state index contributed by atoms with van der Waals surface area (Å²) in [5.41, 5.74) is 2.83. The molecule has 98 valence electrons. The van der Waals surface area contributed by atoms with Gasteiger partial charge in [0, 0.05) is 24.3 Å². The van der Waals surface area contributed by atoms with E-state index in [0.29, 0.717) is 6.04 Å². The first kappa shape index (κ1) is 12.0. The molecule has 2 heteroatoms. The number of para-hydroxylation sites is 1. The summed E-state index contributed by atoms with van der Waals surface area (Å²) in [5.74, 6) is 0.782. The minimum absolute atomic E-state index is 0.690. The lowest BCUT2D eigenvalue weighted by Gasteiger charge is -2.38. The van der Waals surface area contributed by atoms with Crippen molar-refractivity contribution in [2.75, 3.05) is 18.4 Å². The highest BCUT2D eigenvalue weighted by molar-refractivity contribution is 5.53. The smallest absolute Gasteiger partial charge is 0.0373 e. The lowest BCUT2D eigenvalue weighted by atomic mass is 9.95. The molecule has 0 radical (unpaired) electrons. The van der Waals surface area contributed by atoms with Crippen LogP contribution in [0, 0.1) is 5.92 Å². The molecule has 2 unspecified atom stereocenters. The van der Waals surface area contributed by atoms with Crippen LogP contribution in [0.1, 0.15) is 32.3 Å². The van der Waals surface area contributed by atoms with Crippen LogP contribution in [0.5, 0.6) is 0 Å². The van der Waals surface area contributed by atoms with Gasteiger partial charge in [-0.2, -0.15) is 0 Å². The van der Waals surface area contributed by atoms with Gasteiger partial charge >= 0.3 is 0 Å². The quantitative estimate of drug-likeness (QED) is 0.860. The first-order valence-electron chi connectivity index (χ1n) is 7.33. The molecule has 0 bridgehead atoms. The predicted molar refractivity (Wildman–Crippen MR) is 77.0 cm³/mol. The minimum Gasteiger partial charge on any atom is -0.383 e. The molecule has 0 spiro atoms. The van der Waals surface area contributed by atoms with Gasteiger partial charge in [0.25, 0.3) is 0 Å². The molecule has 1 N–H and O–H groups in total. The van der Waals surface area contributed by atoms with Gasteiger partial charge in [0.05, 0.1) is 0 Å². The topological polar surface area (TPSA) is 15.3 Å². The van der Waals surface area contributed by atoms with Crippen LogP contribution in [0.3, 0.4) is 0 Å². The minimum atomic E-state index is 0.690. The molecule has 1 aromatic rings. The van der Waals surface area contributed by atoms with Gasteiger partial charge in [-0.1, -0.05) is 32.0 Å². The van der Waals surface area contributed by atoms with Crippen LogP contribution < -0.4 is 5.32 Å². The Balaban J connectivity index is 1.75. The Bertz CT molecular complexity index is 413. The number of rotatable bonds is 2. The second-order valence-corrected chi connectivity index (χ2v) is 6.09. The molecule has 0 saturated carbocycles. The molecule has 2 aliphatic heterocycles. The molecule has 3 rings (SSSR count). The maximum absolute atomic E-state index is 3.61. The zero-order chi connectivity index (χ0) is 12.5. The molecule has 2 heterocycles. The fourth-order valence-corrected chi connectivity index (χ4v) is 3.64. The van der Waals surface area contributed by atoms with E-state index in [2.05, 4.69) is 48.3 Å². The Hall–Kier alpha value is -1.02. The predicted octanol–water partition coefficient (Wildman–Crippen LogP) is 3.14. The normalized spacial score (nSPS) is 28.2. The highest BCUT2D eigenvalue weighted by Crippen LogP contribution is 2.30. The Morgan fingerprint density at radius 2 is 2.11 bits per heavy atom. The van der Waals surface area contributed by atoms with Crippen molar-refractivity contribution in [2.24, 2.45) is 5.92 Å². The number of fused-ring (bicyclic) bond motifs is 1. The lowest BCUT2D eigenvalue weighted by Crippen LogP contribution is -2.47. The SMILES string of the molecule is CC(C)C1CCCN1C1CNc2ccccc2C1. The van der Waals surface area contributed by atoms with E-state index >= 15 is 0 Å². The molecule has 1 aromatic carbocycles. The van der Waals surface area contributed by atoms with Crippen LogP contribution in [0.15, 0.2) is 24.3 Å². The number of anilines is 1. The van der Waals surface area contributed by atoms with Gasteiger partial charge in [-0.3, -0.25) is 4.90 Å². The maximum atomic E-state index is 3.61. The molecule has 1 fully saturated rings. The largest absolute Gasteiger partial charge is 0.383 e. The monoisotopic (exact) mass is 244 g/mol. The Kier molecular flexibility index (Phi) is 3.29. The van der Waals surface area contributed by atoms with Crippen LogP contribution in [0.4, 0.5) is 5.69 Å². The van der Waals surface area contributed by atoms with Gasteiger partial charge in [0.1, 0.15) is 0 Å². The third kappa shape index (κ3) is 2.14. The van der Waals surface area contributed by atoms with Crippen molar-refractivity contribution in [3.05, 3.63) is 29.8 Å². The molecule has 18 heavy (non-hydrogen) atoms. The average Bonchev–Trinajstić information content (AvgIpc) is 2.87. The highest BCUT2D eigenvalue weighted by atomic mass is 15.2. The second-order valence-electron chi connectivity index (χ2n) is 6.09. The standard InChI is InChI=1S/C16H24N2/c1-12(2)16-8-5-9-18(16)14-10-13-6-3-4-7-15(13)17-11-14/h3-4,6-7,12,14,16-17H,5,8-11H2,1-2H3. The fourth-order valence-electron chi connectivity index (χ4n) is 3.64. The van der Waals surface area contributed by atoms with E-state index in [4.69, 9.17) is 0 Å². The number of nitrogens with one attached hydrogen (secondary N) is 1. The van der Waals surface area contributed by atoms with Crippen LogP contribution in [-0.4, -0.2) is 30.1 Å². The van der Waals surface area contributed by atoms with Crippen molar-refractivity contribution in [3.63, 3.8) is 0 Å². The van der Waals surface area contributed by atoms with Crippen molar-refractivity contribution < 1.29 is 0 Å². The van der Waals surface area contributed by atoms with Crippen molar-refractivity contribution in [3.8, 4) is 0 Å². The number of hydrogen-bond donors (Lipinski definition) is 1. The van der Waals surface area contributed by atoms with Gasteiger partial charge < -0.3 is 5.32 Å². The molecule has 0 aromatic heterocycles. The first-order chi connectivity index (χ1) is 8.75. The van der Waals surface area contributed by atoms with E-state index in [1.54, 1.807) is 0 Å². The summed E-state index contributed by atoms with van der Waals surface area (Å²) in [7, 11) is 0. The van der Waals surface area contributed by atoms with Crippen LogP contribution >= 0.6 is 0 Å². The van der Waals surface area contributed by atoms with Crippen LogP contribution in [-0.2, 0) is 6.42 Å². The summed E-state index contributed by atoms with van der Waals surface area (Å²) in [6.45, 7) is 7.14. The summed E-state index contributed by atoms with van der Waals surface area (Å²) < 4.78 is 0. The summed E-state index contributed by atoms with van der Waals surface area (Å²) >= 11 is 0. The molecule has 2 nitrogen and oxygen atoms in total. The maximum Gasteiger partial charge on any atom is 0.0373 e. The van der Waals surface area contributed by atoms with Gasteiger partial charge in [0.15, 0.2) is 0 Å². The van der Waals surface area contributed by atoms with Gasteiger partial charge in [-0.05, 0) is 43.4 Å². The van der Waals surface area contributed by atoms with Crippen LogP contribution in [0.2, 0.25) is 0 Å². The molecule has 1 saturated heterocycles. The van der Waals surface area contributed by atoms with E-state index in [0.717, 1.165) is 18.5 Å². The first-order valence-corrected chi connectivity index (χ1v) is 7.33. The molecular weight excluding hydrogens is 220 g/mol. The van der Waals surface area contributed by atoms with E-state index in [1.807, 2.05) is 0 Å². The molecule has 0 aliphatic carbocycles. The van der Waals surface area contributed by atoms with Gasteiger partial charge in [0.2, 0.25) is 0 Å². The second kappa shape index (κ2) is 4.93. The zero-order valence-electron chi connectivity index (χ0n) is 11.5. The number of likely N-dealkylation sites (tertiary alicyclic amines) is 1. The molecule has 0 amide bonds. The summed E-state index contributed by atoms with van der Waals surface area (Å²) in [5, 5.41) is 3.61. The van der Waals surface area contributed by atoms with E-state index < -0.39 is 0 Å². The van der Waals surface area contributed by atoms with E-state index in [-0.39, 0.29) is 0 Å². The fraction of sp³-hybridized carbons (Fsp3) is 0.625. The van der Waals surface area contributed by atoms with Crippen molar-refractivity contribution in [1.29, 1.82) is 0 Å². The zero-order valence-corrected chi connectivity index (χ0v) is 11.5. The van der Waals surface area contributed by atoms with Crippen molar-refractivity contribution in [1.82, 2.24) is 4.90 Å². The average molecular weight is 244 g/mol. The molecular formula is C16H24N2. The van der Waals surface area contributed by atoms with E-state index in [9.17, 15) is 0 Å². The third-order valence-electron chi connectivity index (χ3n) is 4.58. The Morgan fingerprint density at radius 3 is 2.94 bits per heavy atom. The number of benzene rings is 1. The Labute approximate surface area is 110 Å². The third-order valence-corrected chi connectivity index (χ3v) is 4.58. The Morgan fingerprint density at radius 1 is 1.28 bits per heavy atom. The van der Waals surface area contributed by atoms with E-state index in [1.165, 1.54) is 37.1 Å². The van der Waals surface area contributed by atoms with Crippen molar-refractivity contribution >= 4 is 5.69 Å². The molecule has 2 atom stereocenters. The van der Waals surface area contributed by atoms with Gasteiger partial charge in [-0.15, -0.1) is 0 Å². The summed E-state index contributed by atoms with van der Waals surface area (Å²) in [6.07, 6.45) is 3.98. The lowest BCUT2D eigenvalue weighted by molar-refractivity contribution is 0.149. The highest BCUT2D eigenvalue weighted by Gasteiger charge is 2.33. The van der Waals surface area contributed by atoms with Crippen molar-refractivity contribution in [2.45, 2.75) is 45.2 Å². The number of hydrogen-bond acceptors (Lipinski definition) is 2. The van der Waals surface area contributed by atoms with Crippen LogP contribution in [0.25, 0.3) is 0 Å².